The Morgan fingerprint density at radius 3 is 2.50 bits per heavy atom. The van der Waals surface area contributed by atoms with Crippen LogP contribution in [0.2, 0.25) is 0 Å². The van der Waals surface area contributed by atoms with Crippen LogP contribution in [0.4, 0.5) is 0 Å². The van der Waals surface area contributed by atoms with Gasteiger partial charge >= 0.3 is 0 Å². The summed E-state index contributed by atoms with van der Waals surface area (Å²) in [7, 11) is 3.31. The number of amides is 1. The lowest BCUT2D eigenvalue weighted by Crippen LogP contribution is -2.92. The Hall–Kier alpha value is -2.99. The predicted octanol–water partition coefficient (Wildman–Crippen LogP) is 2.79. The smallest absolute Gasteiger partial charge is 0.278 e. The number of hydrogen-bond donors (Lipinski definition) is 3. The average Bonchev–Trinajstić information content (AvgIpc) is 3.17. The Morgan fingerprint density at radius 1 is 1.03 bits per heavy atom. The SMILES string of the molecule is COc1cccc([C@H](C[NH2+][C@@H](C)C(=O)NC(C)C)c2c[nH]c3ccccc23)c1OC. The molecule has 0 fully saturated rings. The summed E-state index contributed by atoms with van der Waals surface area (Å²) in [4.78, 5) is 15.8. The Kier molecular flexibility index (Phi) is 7.00. The Balaban J connectivity index is 1.99. The molecule has 0 bridgehead atoms. The molecule has 160 valence electrons. The Labute approximate surface area is 178 Å². The van der Waals surface area contributed by atoms with Crippen LogP contribution in [0, 0.1) is 0 Å². The third-order valence-electron chi connectivity index (χ3n) is 5.38. The van der Waals surface area contributed by atoms with Gasteiger partial charge in [-0.05, 0) is 38.5 Å². The first kappa shape index (κ1) is 21.7. The van der Waals surface area contributed by atoms with Gasteiger partial charge in [0.25, 0.3) is 5.91 Å². The first-order valence-corrected chi connectivity index (χ1v) is 10.4. The van der Waals surface area contributed by atoms with Gasteiger partial charge < -0.3 is 25.1 Å². The normalized spacial score (nSPS) is 13.3. The van der Waals surface area contributed by atoms with E-state index in [9.17, 15) is 4.79 Å². The van der Waals surface area contributed by atoms with E-state index >= 15 is 0 Å². The number of para-hydroxylation sites is 2. The molecule has 3 aromatic rings. The third-order valence-corrected chi connectivity index (χ3v) is 5.38. The molecule has 0 aliphatic carbocycles. The molecule has 0 spiro atoms. The van der Waals surface area contributed by atoms with E-state index in [1.165, 1.54) is 10.9 Å². The number of H-pyrrole nitrogens is 1. The summed E-state index contributed by atoms with van der Waals surface area (Å²) in [6.45, 7) is 6.58. The van der Waals surface area contributed by atoms with Crippen molar-refractivity contribution in [1.29, 1.82) is 0 Å². The molecule has 1 aromatic heterocycles. The number of aromatic amines is 1. The molecule has 0 radical (unpaired) electrons. The number of benzene rings is 2. The summed E-state index contributed by atoms with van der Waals surface area (Å²) in [5.41, 5.74) is 3.30. The van der Waals surface area contributed by atoms with Crippen molar-refractivity contribution in [3.8, 4) is 11.5 Å². The van der Waals surface area contributed by atoms with Crippen LogP contribution < -0.4 is 20.1 Å². The molecular weight excluding hydrogens is 378 g/mol. The Bertz CT molecular complexity index is 996. The average molecular weight is 411 g/mol. The van der Waals surface area contributed by atoms with E-state index in [1.807, 2.05) is 45.0 Å². The summed E-state index contributed by atoms with van der Waals surface area (Å²) in [6.07, 6.45) is 2.06. The van der Waals surface area contributed by atoms with Gasteiger partial charge in [0.2, 0.25) is 0 Å². The number of nitrogens with one attached hydrogen (secondary N) is 2. The van der Waals surface area contributed by atoms with Gasteiger partial charge in [0.15, 0.2) is 17.5 Å². The number of aromatic nitrogens is 1. The van der Waals surface area contributed by atoms with Crippen LogP contribution in [0.5, 0.6) is 11.5 Å². The van der Waals surface area contributed by atoms with E-state index in [2.05, 4.69) is 40.0 Å². The molecule has 3 rings (SSSR count). The molecule has 0 saturated heterocycles. The number of quaternary nitrogens is 1. The van der Waals surface area contributed by atoms with Crippen molar-refractivity contribution in [1.82, 2.24) is 10.3 Å². The van der Waals surface area contributed by atoms with Crippen LogP contribution in [-0.4, -0.2) is 43.7 Å². The highest BCUT2D eigenvalue weighted by atomic mass is 16.5. The fourth-order valence-electron chi connectivity index (χ4n) is 3.85. The van der Waals surface area contributed by atoms with Crippen LogP contribution >= 0.6 is 0 Å². The highest BCUT2D eigenvalue weighted by Gasteiger charge is 2.27. The van der Waals surface area contributed by atoms with Crippen molar-refractivity contribution >= 4 is 16.8 Å². The Morgan fingerprint density at radius 2 is 1.80 bits per heavy atom. The van der Waals surface area contributed by atoms with Crippen LogP contribution in [0.3, 0.4) is 0 Å². The number of rotatable bonds is 9. The zero-order valence-electron chi connectivity index (χ0n) is 18.4. The van der Waals surface area contributed by atoms with E-state index < -0.39 is 0 Å². The van der Waals surface area contributed by atoms with Crippen molar-refractivity contribution in [2.75, 3.05) is 20.8 Å². The lowest BCUT2D eigenvalue weighted by atomic mass is 9.89. The molecule has 6 nitrogen and oxygen atoms in total. The molecule has 2 atom stereocenters. The minimum absolute atomic E-state index is 0.0144. The maximum atomic E-state index is 12.4. The van der Waals surface area contributed by atoms with E-state index in [0.717, 1.165) is 16.8 Å². The van der Waals surface area contributed by atoms with Gasteiger partial charge in [0, 0.05) is 28.7 Å². The summed E-state index contributed by atoms with van der Waals surface area (Å²) >= 11 is 0. The zero-order valence-corrected chi connectivity index (χ0v) is 18.4. The molecule has 1 heterocycles. The van der Waals surface area contributed by atoms with Gasteiger partial charge in [-0.15, -0.1) is 0 Å². The van der Waals surface area contributed by atoms with E-state index in [1.54, 1.807) is 14.2 Å². The van der Waals surface area contributed by atoms with E-state index in [0.29, 0.717) is 12.3 Å². The quantitative estimate of drug-likeness (QED) is 0.507. The molecule has 0 aliphatic rings. The standard InChI is InChI=1S/C24H31N3O3/c1-15(2)27-24(28)16(3)25-13-20(18-10-8-12-22(29-4)23(18)30-5)19-14-26-21-11-7-6-9-17(19)21/h6-12,14-16,20,25-26H,13H2,1-5H3,(H,27,28)/p+1/t16-,20-/m0/s1. The maximum Gasteiger partial charge on any atom is 0.278 e. The predicted molar refractivity (Wildman–Crippen MR) is 119 cm³/mol. The van der Waals surface area contributed by atoms with Crippen molar-refractivity contribution in [2.24, 2.45) is 0 Å². The monoisotopic (exact) mass is 410 g/mol. The third kappa shape index (κ3) is 4.60. The molecule has 0 unspecified atom stereocenters. The molecule has 4 N–H and O–H groups in total. The summed E-state index contributed by atoms with van der Waals surface area (Å²) in [5.74, 6) is 1.48. The lowest BCUT2D eigenvalue weighted by Gasteiger charge is -2.22. The van der Waals surface area contributed by atoms with Gasteiger partial charge in [-0.3, -0.25) is 4.79 Å². The van der Waals surface area contributed by atoms with Gasteiger partial charge in [0.1, 0.15) is 0 Å². The van der Waals surface area contributed by atoms with Crippen molar-refractivity contribution in [3.63, 3.8) is 0 Å². The van der Waals surface area contributed by atoms with Gasteiger partial charge in [-0.2, -0.15) is 0 Å². The van der Waals surface area contributed by atoms with Crippen LogP contribution in [0.15, 0.2) is 48.7 Å². The highest BCUT2D eigenvalue weighted by molar-refractivity contribution is 5.84. The molecular formula is C24H32N3O3+. The fourth-order valence-corrected chi connectivity index (χ4v) is 3.85. The number of carbonyl (C=O) groups excluding carboxylic acids is 1. The summed E-state index contributed by atoms with van der Waals surface area (Å²) < 4.78 is 11.3. The number of ether oxygens (including phenoxy) is 2. The molecule has 2 aromatic carbocycles. The largest absolute Gasteiger partial charge is 0.493 e. The second-order valence-corrected chi connectivity index (χ2v) is 7.85. The zero-order chi connectivity index (χ0) is 21.7. The lowest BCUT2D eigenvalue weighted by molar-refractivity contribution is -0.674. The van der Waals surface area contributed by atoms with Crippen LogP contribution in [0.25, 0.3) is 10.9 Å². The first-order chi connectivity index (χ1) is 14.5. The summed E-state index contributed by atoms with van der Waals surface area (Å²) in [5, 5.41) is 6.24. The summed E-state index contributed by atoms with van der Waals surface area (Å²) in [6, 6.07) is 14.1. The van der Waals surface area contributed by atoms with Crippen molar-refractivity contribution in [3.05, 3.63) is 59.8 Å². The second kappa shape index (κ2) is 9.67. The number of nitrogens with two attached hydrogens (primary N) is 1. The topological polar surface area (TPSA) is 80.0 Å². The molecule has 1 amide bonds. The molecule has 0 saturated carbocycles. The minimum Gasteiger partial charge on any atom is -0.493 e. The molecule has 0 aliphatic heterocycles. The molecule has 30 heavy (non-hydrogen) atoms. The van der Waals surface area contributed by atoms with Gasteiger partial charge in [-0.25, -0.2) is 0 Å². The first-order valence-electron chi connectivity index (χ1n) is 10.4. The number of hydrogen-bond acceptors (Lipinski definition) is 3. The highest BCUT2D eigenvalue weighted by Crippen LogP contribution is 2.39. The van der Waals surface area contributed by atoms with E-state index in [4.69, 9.17) is 9.47 Å². The molecule has 6 heteroatoms. The fraction of sp³-hybridized carbons (Fsp3) is 0.375. The van der Waals surface area contributed by atoms with Gasteiger partial charge in [0.05, 0.1) is 26.7 Å². The van der Waals surface area contributed by atoms with Crippen molar-refractivity contribution < 1.29 is 19.6 Å². The second-order valence-electron chi connectivity index (χ2n) is 7.85. The van der Waals surface area contributed by atoms with E-state index in [-0.39, 0.29) is 23.9 Å². The number of methoxy groups -OCH3 is 2. The van der Waals surface area contributed by atoms with Crippen LogP contribution in [0.1, 0.15) is 37.8 Å². The van der Waals surface area contributed by atoms with Crippen LogP contribution in [-0.2, 0) is 4.79 Å². The van der Waals surface area contributed by atoms with Crippen molar-refractivity contribution in [2.45, 2.75) is 38.8 Å². The maximum absolute atomic E-state index is 12.4. The van der Waals surface area contributed by atoms with Gasteiger partial charge in [-0.1, -0.05) is 30.3 Å². The number of carbonyl (C=O) groups is 1. The number of fused-ring (bicyclic) bond motifs is 1. The minimum atomic E-state index is -0.197.